The van der Waals surface area contributed by atoms with Gasteiger partial charge in [0.15, 0.2) is 5.96 Å². The van der Waals surface area contributed by atoms with Crippen molar-refractivity contribution in [2.45, 2.75) is 83.0 Å². The van der Waals surface area contributed by atoms with E-state index < -0.39 is 47.8 Å². The maximum absolute atomic E-state index is 13.1. The molecule has 0 aromatic carbocycles. The molecule has 1 heterocycles. The first-order chi connectivity index (χ1) is 16.9. The number of hydrogen-bond donors (Lipinski definition) is 8. The lowest BCUT2D eigenvalue weighted by Gasteiger charge is -2.25. The van der Waals surface area contributed by atoms with E-state index >= 15 is 0 Å². The molecule has 1 saturated heterocycles. The molecule has 0 bridgehead atoms. The molecule has 0 aromatic rings. The van der Waals surface area contributed by atoms with Gasteiger partial charge in [-0.3, -0.25) is 34.2 Å². The predicted octanol–water partition coefficient (Wildman–Crippen LogP) is -2.60. The minimum absolute atomic E-state index is 0.106. The molecule has 0 spiro atoms. The molecule has 0 aliphatic carbocycles. The first kappa shape index (κ1) is 30.3. The highest BCUT2D eigenvalue weighted by Crippen LogP contribution is 2.09. The molecule has 0 aromatic heterocycles. The third-order valence-corrected chi connectivity index (χ3v) is 5.41. The summed E-state index contributed by atoms with van der Waals surface area (Å²) in [5, 5.41) is 20.0. The molecular weight excluding hydrogens is 472 g/mol. The van der Waals surface area contributed by atoms with Crippen LogP contribution in [0.1, 0.15) is 58.8 Å². The average Bonchev–Trinajstić information content (AvgIpc) is 3.23. The first-order valence-corrected chi connectivity index (χ1v) is 11.9. The van der Waals surface area contributed by atoms with Crippen LogP contribution in [0.5, 0.6) is 0 Å². The molecule has 14 nitrogen and oxygen atoms in total. The summed E-state index contributed by atoms with van der Waals surface area (Å²) in [5.41, 5.74) is 10.5. The predicted molar refractivity (Wildman–Crippen MR) is 130 cm³/mol. The number of nitrogens with one attached hydrogen (secondary N) is 6. The number of amides is 5. The Kier molecular flexibility index (Phi) is 12.9. The number of guanidine groups is 1. The Morgan fingerprint density at radius 3 is 2.25 bits per heavy atom. The van der Waals surface area contributed by atoms with E-state index in [9.17, 15) is 28.8 Å². The van der Waals surface area contributed by atoms with Gasteiger partial charge >= 0.3 is 0 Å². The molecule has 201 valence electrons. The summed E-state index contributed by atoms with van der Waals surface area (Å²) in [4.78, 5) is 72.5. The van der Waals surface area contributed by atoms with Crippen molar-refractivity contribution in [2.75, 3.05) is 6.54 Å². The Balaban J connectivity index is 2.95. The second kappa shape index (κ2) is 15.3. The molecule has 1 rings (SSSR count). The van der Waals surface area contributed by atoms with E-state index in [1.165, 1.54) is 0 Å². The van der Waals surface area contributed by atoms with Crippen LogP contribution in [0.2, 0.25) is 0 Å². The maximum Gasteiger partial charge on any atom is 0.243 e. The number of rotatable bonds is 16. The van der Waals surface area contributed by atoms with Crippen molar-refractivity contribution in [1.82, 2.24) is 26.6 Å². The van der Waals surface area contributed by atoms with Gasteiger partial charge in [-0.15, -0.1) is 0 Å². The van der Waals surface area contributed by atoms with Gasteiger partial charge in [-0.1, -0.05) is 13.8 Å². The SMILES string of the molecule is CC(C)C[C@@H]([C]=O)NC(=O)[C@H](CCCNC(=N)N)NC(=O)[C@H](CCC(N)=O)NC(=O)[C@@H]1CCC(=O)N1. The molecule has 1 aliphatic rings. The van der Waals surface area contributed by atoms with Crippen molar-refractivity contribution in [1.29, 1.82) is 5.41 Å². The van der Waals surface area contributed by atoms with E-state index in [2.05, 4.69) is 26.6 Å². The maximum atomic E-state index is 13.1. The van der Waals surface area contributed by atoms with Crippen molar-refractivity contribution < 1.29 is 28.8 Å². The normalized spacial score (nSPS) is 17.3. The summed E-state index contributed by atoms with van der Waals surface area (Å²) in [6.07, 6.45) is 2.72. The van der Waals surface area contributed by atoms with Gasteiger partial charge in [-0.25, -0.2) is 0 Å². The van der Waals surface area contributed by atoms with Crippen LogP contribution >= 0.6 is 0 Å². The van der Waals surface area contributed by atoms with Crippen LogP contribution in [0.4, 0.5) is 0 Å². The lowest BCUT2D eigenvalue weighted by atomic mass is 10.0. The lowest BCUT2D eigenvalue weighted by Crippen LogP contribution is -2.57. The Morgan fingerprint density at radius 1 is 1.08 bits per heavy atom. The number of carbonyl (C=O) groups is 5. The van der Waals surface area contributed by atoms with Crippen LogP contribution in [-0.4, -0.2) is 72.5 Å². The summed E-state index contributed by atoms with van der Waals surface area (Å²) in [5.74, 6) is -3.06. The zero-order chi connectivity index (χ0) is 27.3. The molecule has 0 unspecified atom stereocenters. The van der Waals surface area contributed by atoms with Crippen molar-refractivity contribution in [3.63, 3.8) is 0 Å². The molecule has 10 N–H and O–H groups in total. The van der Waals surface area contributed by atoms with Crippen LogP contribution in [-0.2, 0) is 28.8 Å². The van der Waals surface area contributed by atoms with E-state index in [1.54, 1.807) is 6.29 Å². The fourth-order valence-electron chi connectivity index (χ4n) is 3.59. The molecule has 1 fully saturated rings. The first-order valence-electron chi connectivity index (χ1n) is 11.9. The standard InChI is InChI=1S/C22H37N8O6/c1-12(2)10-13(11-31)27-19(34)14(4-3-9-26-22(24)25)29-21(36)16(5-7-17(23)32)30-20(35)15-6-8-18(33)28-15/h12-16H,3-10H2,1-2H3,(H2,23,32)(H,27,34)(H,28,33)(H,29,36)(H,30,35)(H4,24,25,26)/t13-,14-,15-,16-/m0/s1. The minimum atomic E-state index is -1.20. The summed E-state index contributed by atoms with van der Waals surface area (Å²) in [6, 6.07) is -3.97. The van der Waals surface area contributed by atoms with Gasteiger partial charge in [0.25, 0.3) is 0 Å². The highest BCUT2D eigenvalue weighted by molar-refractivity contribution is 5.96. The third kappa shape index (κ3) is 11.6. The number of hydrogen-bond acceptors (Lipinski definition) is 7. The molecule has 14 heteroatoms. The van der Waals surface area contributed by atoms with E-state index in [0.29, 0.717) is 12.8 Å². The van der Waals surface area contributed by atoms with Gasteiger partial charge in [0.1, 0.15) is 18.1 Å². The highest BCUT2D eigenvalue weighted by Gasteiger charge is 2.32. The summed E-state index contributed by atoms with van der Waals surface area (Å²) in [7, 11) is 0. The highest BCUT2D eigenvalue weighted by atomic mass is 16.2. The lowest BCUT2D eigenvalue weighted by molar-refractivity contribution is -0.133. The van der Waals surface area contributed by atoms with Crippen LogP contribution in [0.3, 0.4) is 0 Å². The topological polar surface area (TPSA) is 238 Å². The molecule has 0 saturated carbocycles. The van der Waals surface area contributed by atoms with Gasteiger partial charge in [0.2, 0.25) is 35.8 Å². The summed E-state index contributed by atoms with van der Waals surface area (Å²) in [6.45, 7) is 4.01. The number of carbonyl (C=O) groups excluding carboxylic acids is 6. The molecular formula is C22H37N8O6. The molecule has 1 radical (unpaired) electrons. The van der Waals surface area contributed by atoms with E-state index in [4.69, 9.17) is 16.9 Å². The van der Waals surface area contributed by atoms with Crippen LogP contribution in [0.25, 0.3) is 0 Å². The van der Waals surface area contributed by atoms with Crippen LogP contribution in [0, 0.1) is 11.3 Å². The van der Waals surface area contributed by atoms with E-state index in [1.807, 2.05) is 13.8 Å². The Bertz CT molecular complexity index is 833. The van der Waals surface area contributed by atoms with Gasteiger partial charge in [-0.05, 0) is 38.0 Å². The Labute approximate surface area is 209 Å². The monoisotopic (exact) mass is 509 g/mol. The van der Waals surface area contributed by atoms with Crippen molar-refractivity contribution in [2.24, 2.45) is 17.4 Å². The number of primary amides is 1. The average molecular weight is 510 g/mol. The summed E-state index contributed by atoms with van der Waals surface area (Å²) < 4.78 is 0. The Morgan fingerprint density at radius 2 is 1.72 bits per heavy atom. The van der Waals surface area contributed by atoms with Gasteiger partial charge in [0, 0.05) is 19.4 Å². The zero-order valence-corrected chi connectivity index (χ0v) is 20.6. The summed E-state index contributed by atoms with van der Waals surface area (Å²) >= 11 is 0. The molecule has 36 heavy (non-hydrogen) atoms. The number of nitrogens with two attached hydrogens (primary N) is 2. The minimum Gasteiger partial charge on any atom is -0.370 e. The Hall–Kier alpha value is -3.71. The molecule has 4 atom stereocenters. The van der Waals surface area contributed by atoms with Gasteiger partial charge < -0.3 is 38.1 Å². The second-order valence-corrected chi connectivity index (χ2v) is 9.08. The van der Waals surface area contributed by atoms with Gasteiger partial charge in [0.05, 0.1) is 6.04 Å². The van der Waals surface area contributed by atoms with Crippen molar-refractivity contribution >= 4 is 41.8 Å². The van der Waals surface area contributed by atoms with Crippen molar-refractivity contribution in [3.05, 3.63) is 0 Å². The van der Waals surface area contributed by atoms with Gasteiger partial charge in [-0.2, -0.15) is 0 Å². The molecule has 5 amide bonds. The zero-order valence-electron chi connectivity index (χ0n) is 20.6. The fraction of sp³-hybridized carbons (Fsp3) is 0.682. The van der Waals surface area contributed by atoms with Crippen LogP contribution < -0.4 is 38.1 Å². The van der Waals surface area contributed by atoms with Crippen LogP contribution in [0.15, 0.2) is 0 Å². The smallest absolute Gasteiger partial charge is 0.243 e. The second-order valence-electron chi connectivity index (χ2n) is 9.08. The fourth-order valence-corrected chi connectivity index (χ4v) is 3.59. The molecule has 1 aliphatic heterocycles. The third-order valence-electron chi connectivity index (χ3n) is 5.41. The van der Waals surface area contributed by atoms with E-state index in [-0.39, 0.29) is 56.4 Å². The van der Waals surface area contributed by atoms with Crippen molar-refractivity contribution in [3.8, 4) is 0 Å². The van der Waals surface area contributed by atoms with E-state index in [0.717, 1.165) is 0 Å². The quantitative estimate of drug-likeness (QED) is 0.0622. The largest absolute Gasteiger partial charge is 0.370 e.